The summed E-state index contributed by atoms with van der Waals surface area (Å²) in [5.41, 5.74) is 2.15. The first-order valence-corrected chi connectivity index (χ1v) is 8.25. The van der Waals surface area contributed by atoms with Crippen LogP contribution in [0.3, 0.4) is 0 Å². The van der Waals surface area contributed by atoms with Gasteiger partial charge in [-0.3, -0.25) is 4.40 Å². The van der Waals surface area contributed by atoms with E-state index in [1.807, 2.05) is 30.8 Å². The van der Waals surface area contributed by atoms with E-state index in [1.54, 1.807) is 11.3 Å². The lowest BCUT2D eigenvalue weighted by Gasteiger charge is -2.17. The number of halogens is 2. The van der Waals surface area contributed by atoms with E-state index in [2.05, 4.69) is 42.9 Å². The van der Waals surface area contributed by atoms with E-state index < -0.39 is 0 Å². The SMILES string of the molecule is CNC(Cc1cn2ccsc2n1)c1cc(Br)ccc1Cl. The topological polar surface area (TPSA) is 29.3 Å². The van der Waals surface area contributed by atoms with Crippen molar-refractivity contribution in [3.63, 3.8) is 0 Å². The molecule has 0 amide bonds. The van der Waals surface area contributed by atoms with Crippen LogP contribution in [0.2, 0.25) is 5.02 Å². The molecule has 0 saturated carbocycles. The van der Waals surface area contributed by atoms with Gasteiger partial charge in [-0.25, -0.2) is 4.98 Å². The molecule has 1 unspecified atom stereocenters. The molecule has 0 radical (unpaired) electrons. The molecule has 0 fully saturated rings. The molecule has 2 aromatic heterocycles. The molecule has 20 heavy (non-hydrogen) atoms. The maximum absolute atomic E-state index is 6.31. The van der Waals surface area contributed by atoms with Gasteiger partial charge >= 0.3 is 0 Å². The summed E-state index contributed by atoms with van der Waals surface area (Å²) in [4.78, 5) is 5.65. The molecule has 1 aromatic carbocycles. The summed E-state index contributed by atoms with van der Waals surface area (Å²) >= 11 is 11.4. The molecule has 3 nitrogen and oxygen atoms in total. The Morgan fingerprint density at radius 2 is 2.35 bits per heavy atom. The highest BCUT2D eigenvalue weighted by atomic mass is 79.9. The third-order valence-corrected chi connectivity index (χ3v) is 4.85. The molecule has 6 heteroatoms. The number of likely N-dealkylation sites (N-methyl/N-ethyl adjacent to an activating group) is 1. The first kappa shape index (κ1) is 14.1. The number of thiazole rings is 1. The summed E-state index contributed by atoms with van der Waals surface area (Å²) in [6.45, 7) is 0. The Kier molecular flexibility index (Phi) is 4.12. The Labute approximate surface area is 134 Å². The van der Waals surface area contributed by atoms with Gasteiger partial charge in [0.15, 0.2) is 4.96 Å². The number of hydrogen-bond acceptors (Lipinski definition) is 3. The van der Waals surface area contributed by atoms with E-state index in [4.69, 9.17) is 11.6 Å². The fourth-order valence-corrected chi connectivity index (χ4v) is 3.58. The second kappa shape index (κ2) is 5.85. The maximum atomic E-state index is 6.31. The first-order chi connectivity index (χ1) is 9.67. The van der Waals surface area contributed by atoms with E-state index >= 15 is 0 Å². The minimum absolute atomic E-state index is 0.143. The summed E-state index contributed by atoms with van der Waals surface area (Å²) in [6, 6.07) is 6.06. The Bertz CT molecular complexity index is 708. The number of hydrogen-bond donors (Lipinski definition) is 1. The van der Waals surface area contributed by atoms with Gasteiger partial charge < -0.3 is 5.32 Å². The first-order valence-electron chi connectivity index (χ1n) is 6.20. The van der Waals surface area contributed by atoms with Crippen molar-refractivity contribution in [3.05, 3.63) is 56.7 Å². The van der Waals surface area contributed by atoms with Crippen LogP contribution >= 0.6 is 38.9 Å². The second-order valence-corrected chi connectivity index (χ2v) is 6.73. The Morgan fingerprint density at radius 3 is 3.10 bits per heavy atom. The van der Waals surface area contributed by atoms with Gasteiger partial charge in [-0.1, -0.05) is 27.5 Å². The van der Waals surface area contributed by atoms with Crippen LogP contribution in [0.5, 0.6) is 0 Å². The van der Waals surface area contributed by atoms with E-state index in [1.165, 1.54) is 0 Å². The summed E-state index contributed by atoms with van der Waals surface area (Å²) < 4.78 is 3.08. The number of nitrogens with zero attached hydrogens (tertiary/aromatic N) is 2. The fourth-order valence-electron chi connectivity index (χ4n) is 2.23. The van der Waals surface area contributed by atoms with Crippen LogP contribution in [0.15, 0.2) is 40.4 Å². The largest absolute Gasteiger partial charge is 0.313 e. The predicted octanol–water partition coefficient (Wildman–Crippen LogP) is 4.31. The number of rotatable bonds is 4. The minimum Gasteiger partial charge on any atom is -0.313 e. The molecule has 0 saturated heterocycles. The molecule has 0 aliphatic heterocycles. The molecule has 3 rings (SSSR count). The predicted molar refractivity (Wildman–Crippen MR) is 87.7 cm³/mol. The van der Waals surface area contributed by atoms with Crippen LogP contribution in [-0.4, -0.2) is 16.4 Å². The molecule has 0 aliphatic rings. The molecular formula is C14H13BrClN3S. The van der Waals surface area contributed by atoms with Gasteiger partial charge in [-0.05, 0) is 30.8 Å². The van der Waals surface area contributed by atoms with Gasteiger partial charge in [0, 0.05) is 39.7 Å². The monoisotopic (exact) mass is 369 g/mol. The molecule has 0 bridgehead atoms. The zero-order valence-electron chi connectivity index (χ0n) is 10.8. The Hall–Kier alpha value is -0.880. The zero-order chi connectivity index (χ0) is 14.1. The van der Waals surface area contributed by atoms with Gasteiger partial charge in [0.05, 0.1) is 5.69 Å². The number of nitrogens with one attached hydrogen (secondary N) is 1. The smallest absolute Gasteiger partial charge is 0.193 e. The van der Waals surface area contributed by atoms with Crippen molar-refractivity contribution in [1.82, 2.24) is 14.7 Å². The molecule has 1 N–H and O–H groups in total. The van der Waals surface area contributed by atoms with Crippen molar-refractivity contribution in [2.24, 2.45) is 0 Å². The quantitative estimate of drug-likeness (QED) is 0.741. The lowest BCUT2D eigenvalue weighted by atomic mass is 10.0. The molecular weight excluding hydrogens is 358 g/mol. The van der Waals surface area contributed by atoms with Crippen LogP contribution in [0.1, 0.15) is 17.3 Å². The van der Waals surface area contributed by atoms with Crippen LogP contribution < -0.4 is 5.32 Å². The second-order valence-electron chi connectivity index (χ2n) is 4.54. The number of aromatic nitrogens is 2. The third-order valence-electron chi connectivity index (χ3n) is 3.24. The summed E-state index contributed by atoms with van der Waals surface area (Å²) in [5.74, 6) is 0. The van der Waals surface area contributed by atoms with Gasteiger partial charge in [0.2, 0.25) is 0 Å². The Morgan fingerprint density at radius 1 is 1.50 bits per heavy atom. The maximum Gasteiger partial charge on any atom is 0.193 e. The molecule has 0 spiro atoms. The highest BCUT2D eigenvalue weighted by Gasteiger charge is 2.16. The number of fused-ring (bicyclic) bond motifs is 1. The minimum atomic E-state index is 0.143. The van der Waals surface area contributed by atoms with Crippen LogP contribution in [0.4, 0.5) is 0 Å². The highest BCUT2D eigenvalue weighted by Crippen LogP contribution is 2.28. The van der Waals surface area contributed by atoms with Crippen molar-refractivity contribution in [2.45, 2.75) is 12.5 Å². The highest BCUT2D eigenvalue weighted by molar-refractivity contribution is 9.10. The average molecular weight is 371 g/mol. The number of imidazole rings is 1. The van der Waals surface area contributed by atoms with Crippen molar-refractivity contribution in [1.29, 1.82) is 0 Å². The van der Waals surface area contributed by atoms with Crippen LogP contribution in [0.25, 0.3) is 4.96 Å². The van der Waals surface area contributed by atoms with Crippen molar-refractivity contribution in [3.8, 4) is 0 Å². The normalized spacial score (nSPS) is 12.9. The van der Waals surface area contributed by atoms with Gasteiger partial charge in [0.25, 0.3) is 0 Å². The molecule has 3 aromatic rings. The van der Waals surface area contributed by atoms with Crippen LogP contribution in [0, 0.1) is 0 Å². The molecule has 0 aliphatic carbocycles. The molecule has 104 valence electrons. The van der Waals surface area contributed by atoms with E-state index in [0.717, 1.165) is 32.1 Å². The lowest BCUT2D eigenvalue weighted by Crippen LogP contribution is -2.19. The van der Waals surface area contributed by atoms with Gasteiger partial charge in [0.1, 0.15) is 0 Å². The standard InChI is InChI=1S/C14H13BrClN3S/c1-17-13(11-6-9(15)2-3-12(11)16)7-10-8-19-4-5-20-14(19)18-10/h2-6,8,13,17H,7H2,1H3. The van der Waals surface area contributed by atoms with E-state index in [9.17, 15) is 0 Å². The van der Waals surface area contributed by atoms with Crippen molar-refractivity contribution in [2.75, 3.05) is 7.05 Å². The van der Waals surface area contributed by atoms with Gasteiger partial charge in [-0.15, -0.1) is 11.3 Å². The third kappa shape index (κ3) is 2.76. The van der Waals surface area contributed by atoms with E-state index in [0.29, 0.717) is 0 Å². The molecule has 2 heterocycles. The average Bonchev–Trinajstić information content (AvgIpc) is 3.00. The van der Waals surface area contributed by atoms with Gasteiger partial charge in [-0.2, -0.15) is 0 Å². The fraction of sp³-hybridized carbons (Fsp3) is 0.214. The van der Waals surface area contributed by atoms with Crippen LogP contribution in [-0.2, 0) is 6.42 Å². The molecule has 1 atom stereocenters. The van der Waals surface area contributed by atoms with Crippen molar-refractivity contribution < 1.29 is 0 Å². The van der Waals surface area contributed by atoms with E-state index in [-0.39, 0.29) is 6.04 Å². The lowest BCUT2D eigenvalue weighted by molar-refractivity contribution is 0.586. The number of benzene rings is 1. The summed E-state index contributed by atoms with van der Waals surface area (Å²) in [5, 5.41) is 6.13. The Balaban J connectivity index is 1.89. The summed E-state index contributed by atoms with van der Waals surface area (Å²) in [7, 11) is 1.94. The summed E-state index contributed by atoms with van der Waals surface area (Å²) in [6.07, 6.45) is 4.90. The zero-order valence-corrected chi connectivity index (χ0v) is 14.0. The van der Waals surface area contributed by atoms with Crippen molar-refractivity contribution >= 4 is 43.8 Å².